The van der Waals surface area contributed by atoms with Gasteiger partial charge >= 0.3 is 11.8 Å². The lowest BCUT2D eigenvalue weighted by Gasteiger charge is -2.45. The number of hydrogen-bond acceptors (Lipinski definition) is 4. The molecule has 3 unspecified atom stereocenters. The molecule has 2 heterocycles. The lowest BCUT2D eigenvalue weighted by Crippen LogP contribution is -2.53. The number of amides is 1. The van der Waals surface area contributed by atoms with Gasteiger partial charge in [-0.1, -0.05) is 61.5 Å². The number of nitrogens with one attached hydrogen (secondary N) is 1. The number of aromatic amines is 1. The molecule has 1 aliphatic heterocycles. The number of carboxylic acid groups (broad SMARTS) is 1. The molecule has 5 rings (SSSR count). The van der Waals surface area contributed by atoms with Crippen molar-refractivity contribution in [2.24, 2.45) is 5.92 Å². The molecule has 8 nitrogen and oxygen atoms in total. The number of H-pyrrole nitrogens is 1. The minimum Gasteiger partial charge on any atom is -0.497 e. The first kappa shape index (κ1) is 26.6. The molecule has 204 valence electrons. The highest BCUT2D eigenvalue weighted by atomic mass is 16.5. The minimum atomic E-state index is -0.915. The Morgan fingerprint density at radius 1 is 1.05 bits per heavy atom. The van der Waals surface area contributed by atoms with Crippen LogP contribution in [0.1, 0.15) is 36.9 Å². The van der Waals surface area contributed by atoms with Gasteiger partial charge in [-0.25, -0.2) is 9.59 Å². The quantitative estimate of drug-likeness (QED) is 0.305. The highest BCUT2D eigenvalue weighted by Gasteiger charge is 2.40. The summed E-state index contributed by atoms with van der Waals surface area (Å²) in [4.78, 5) is 32.4. The fraction of sp³-hybridized carbons (Fsp3) is 0.355. The monoisotopic (exact) mass is 528 g/mol. The number of likely N-dealkylation sites (tertiary alicyclic amines) is 1. The number of para-hydroxylation sites is 2. The van der Waals surface area contributed by atoms with Crippen molar-refractivity contribution in [3.8, 4) is 5.75 Å². The number of imidazole rings is 1. The summed E-state index contributed by atoms with van der Waals surface area (Å²) in [6, 6.07) is 26.0. The summed E-state index contributed by atoms with van der Waals surface area (Å²) < 4.78 is 7.36. The number of rotatable bonds is 9. The number of hydrogen-bond donors (Lipinski definition) is 2. The SMILES string of the molecule is CCC(C1CN(C(=O)O)CCC1n1c(=O)[nH]c2ccccc21)N(Cc1ccccc1)Cc1cccc(OC)c1. The van der Waals surface area contributed by atoms with E-state index in [9.17, 15) is 14.7 Å². The first-order chi connectivity index (χ1) is 19.0. The molecule has 3 aromatic carbocycles. The molecule has 0 radical (unpaired) electrons. The maximum Gasteiger partial charge on any atom is 0.407 e. The Morgan fingerprint density at radius 3 is 2.51 bits per heavy atom. The molecule has 8 heteroatoms. The molecule has 1 aliphatic rings. The number of benzene rings is 3. The number of nitrogens with zero attached hydrogens (tertiary/aromatic N) is 3. The number of piperidine rings is 1. The predicted molar refractivity (Wildman–Crippen MR) is 152 cm³/mol. The molecule has 39 heavy (non-hydrogen) atoms. The molecule has 1 amide bonds. The van der Waals surface area contributed by atoms with Gasteiger partial charge in [0.1, 0.15) is 5.75 Å². The third kappa shape index (κ3) is 5.71. The van der Waals surface area contributed by atoms with E-state index >= 15 is 0 Å². The van der Waals surface area contributed by atoms with Crippen molar-refractivity contribution in [1.82, 2.24) is 19.4 Å². The average Bonchev–Trinajstić information content (AvgIpc) is 3.29. The number of carbonyl (C=O) groups is 1. The topological polar surface area (TPSA) is 90.8 Å². The number of fused-ring (bicyclic) bond motifs is 1. The summed E-state index contributed by atoms with van der Waals surface area (Å²) in [5, 5.41) is 9.94. The normalized spacial score (nSPS) is 18.4. The standard InChI is InChI=1S/C31H36N4O4/c1-3-27(34(19-22-10-5-4-6-11-22)20-23-12-9-13-24(18-23)39-2)25-21-33(31(37)38)17-16-28(25)35-29-15-8-7-14-26(29)32-30(35)36/h4-15,18,25,27-28H,3,16-17,19-21H2,1-2H3,(H,32,36)(H,37,38). The van der Waals surface area contributed by atoms with Crippen molar-refractivity contribution in [3.63, 3.8) is 0 Å². The number of ether oxygens (including phenoxy) is 1. The molecule has 1 fully saturated rings. The minimum absolute atomic E-state index is 0.0177. The highest BCUT2D eigenvalue weighted by Crippen LogP contribution is 2.36. The Labute approximate surface area is 228 Å². The molecule has 2 N–H and O–H groups in total. The summed E-state index contributed by atoms with van der Waals surface area (Å²) in [6.45, 7) is 4.30. The zero-order chi connectivity index (χ0) is 27.4. The van der Waals surface area contributed by atoms with Gasteiger partial charge in [0.05, 0.1) is 18.1 Å². The smallest absolute Gasteiger partial charge is 0.407 e. The van der Waals surface area contributed by atoms with Crippen LogP contribution < -0.4 is 10.4 Å². The van der Waals surface area contributed by atoms with Crippen LogP contribution in [0.25, 0.3) is 11.0 Å². The van der Waals surface area contributed by atoms with E-state index in [4.69, 9.17) is 4.74 Å². The maximum absolute atomic E-state index is 13.3. The van der Waals surface area contributed by atoms with E-state index in [1.807, 2.05) is 59.2 Å². The van der Waals surface area contributed by atoms with Gasteiger partial charge in [0, 0.05) is 44.2 Å². The zero-order valence-electron chi connectivity index (χ0n) is 22.5. The third-order valence-electron chi connectivity index (χ3n) is 7.98. The van der Waals surface area contributed by atoms with Gasteiger partial charge in [-0.3, -0.25) is 9.47 Å². The van der Waals surface area contributed by atoms with Crippen molar-refractivity contribution < 1.29 is 14.6 Å². The summed E-state index contributed by atoms with van der Waals surface area (Å²) in [5.74, 6) is 0.712. The Bertz CT molecular complexity index is 1460. The lowest BCUT2D eigenvalue weighted by atomic mass is 9.83. The molecular weight excluding hydrogens is 492 g/mol. The largest absolute Gasteiger partial charge is 0.497 e. The molecule has 0 bridgehead atoms. The van der Waals surface area contributed by atoms with E-state index in [-0.39, 0.29) is 23.7 Å². The number of methoxy groups -OCH3 is 1. The van der Waals surface area contributed by atoms with Crippen LogP contribution in [-0.2, 0) is 13.1 Å². The van der Waals surface area contributed by atoms with Crippen LogP contribution in [-0.4, -0.2) is 56.8 Å². The number of aromatic nitrogens is 2. The molecule has 4 aromatic rings. The molecule has 1 aromatic heterocycles. The summed E-state index contributed by atoms with van der Waals surface area (Å²) >= 11 is 0. The van der Waals surface area contributed by atoms with Crippen LogP contribution in [0.4, 0.5) is 4.79 Å². The Hall–Kier alpha value is -4.04. The van der Waals surface area contributed by atoms with E-state index in [0.29, 0.717) is 32.6 Å². The van der Waals surface area contributed by atoms with E-state index in [0.717, 1.165) is 28.8 Å². The molecule has 3 atom stereocenters. The second-order valence-corrected chi connectivity index (χ2v) is 10.3. The van der Waals surface area contributed by atoms with Crippen LogP contribution in [0.3, 0.4) is 0 Å². The van der Waals surface area contributed by atoms with Gasteiger partial charge in [-0.15, -0.1) is 0 Å². The lowest BCUT2D eigenvalue weighted by molar-refractivity contribution is 0.0341. The maximum atomic E-state index is 13.3. The Balaban J connectivity index is 1.57. The second kappa shape index (κ2) is 11.8. The summed E-state index contributed by atoms with van der Waals surface area (Å²) in [5.41, 5.74) is 3.82. The first-order valence-electron chi connectivity index (χ1n) is 13.6. The van der Waals surface area contributed by atoms with Gasteiger partial charge < -0.3 is 19.7 Å². The van der Waals surface area contributed by atoms with Gasteiger partial charge in [0.25, 0.3) is 0 Å². The third-order valence-corrected chi connectivity index (χ3v) is 7.98. The van der Waals surface area contributed by atoms with Crippen molar-refractivity contribution >= 4 is 17.1 Å². The van der Waals surface area contributed by atoms with Crippen molar-refractivity contribution in [1.29, 1.82) is 0 Å². The van der Waals surface area contributed by atoms with Crippen LogP contribution in [0.15, 0.2) is 83.7 Å². The molecule has 0 saturated carbocycles. The highest BCUT2D eigenvalue weighted by molar-refractivity contribution is 5.75. The second-order valence-electron chi connectivity index (χ2n) is 10.3. The van der Waals surface area contributed by atoms with E-state index in [2.05, 4.69) is 41.1 Å². The molecular formula is C31H36N4O4. The van der Waals surface area contributed by atoms with Crippen molar-refractivity contribution in [3.05, 3.63) is 100 Å². The zero-order valence-corrected chi connectivity index (χ0v) is 22.5. The van der Waals surface area contributed by atoms with Crippen molar-refractivity contribution in [2.45, 2.75) is 44.9 Å². The van der Waals surface area contributed by atoms with Crippen molar-refractivity contribution in [2.75, 3.05) is 20.2 Å². The van der Waals surface area contributed by atoms with Gasteiger partial charge in [-0.05, 0) is 48.2 Å². The molecule has 0 aliphatic carbocycles. The van der Waals surface area contributed by atoms with Crippen LogP contribution in [0, 0.1) is 5.92 Å². The fourth-order valence-corrected chi connectivity index (χ4v) is 6.19. The van der Waals surface area contributed by atoms with Gasteiger partial charge in [0.15, 0.2) is 0 Å². The van der Waals surface area contributed by atoms with E-state index in [1.54, 1.807) is 7.11 Å². The fourth-order valence-electron chi connectivity index (χ4n) is 6.19. The van der Waals surface area contributed by atoms with E-state index in [1.165, 1.54) is 10.5 Å². The molecule has 1 saturated heterocycles. The van der Waals surface area contributed by atoms with Gasteiger partial charge in [-0.2, -0.15) is 0 Å². The van der Waals surface area contributed by atoms with Crippen LogP contribution >= 0.6 is 0 Å². The first-order valence-corrected chi connectivity index (χ1v) is 13.6. The van der Waals surface area contributed by atoms with Crippen LogP contribution in [0.5, 0.6) is 5.75 Å². The van der Waals surface area contributed by atoms with E-state index < -0.39 is 6.09 Å². The average molecular weight is 529 g/mol. The predicted octanol–water partition coefficient (Wildman–Crippen LogP) is 5.36. The van der Waals surface area contributed by atoms with Gasteiger partial charge in [0.2, 0.25) is 0 Å². The summed E-state index contributed by atoms with van der Waals surface area (Å²) in [6.07, 6.45) is 0.470. The Kier molecular flexibility index (Phi) is 8.02. The van der Waals surface area contributed by atoms with Crippen LogP contribution in [0.2, 0.25) is 0 Å². The summed E-state index contributed by atoms with van der Waals surface area (Å²) in [7, 11) is 1.67. The Morgan fingerprint density at radius 2 is 1.77 bits per heavy atom. The molecule has 0 spiro atoms.